The fourth-order valence-corrected chi connectivity index (χ4v) is 3.89. The molecule has 1 aromatic carbocycles. The van der Waals surface area contributed by atoms with Crippen molar-refractivity contribution >= 4 is 11.7 Å². The molecule has 1 heterocycles. The van der Waals surface area contributed by atoms with Crippen LogP contribution in [0.25, 0.3) is 0 Å². The fraction of sp³-hybridized carbons (Fsp3) is 0.409. The second kappa shape index (κ2) is 5.91. The van der Waals surface area contributed by atoms with Crippen molar-refractivity contribution in [3.63, 3.8) is 0 Å². The van der Waals surface area contributed by atoms with E-state index in [1.54, 1.807) is 12.2 Å². The van der Waals surface area contributed by atoms with Gasteiger partial charge in [0.15, 0.2) is 0 Å². The van der Waals surface area contributed by atoms with Crippen LogP contribution in [0.2, 0.25) is 0 Å². The molecule has 1 N–H and O–H groups in total. The minimum absolute atomic E-state index is 0.125. The Kier molecular flexibility index (Phi) is 4.14. The first-order valence-corrected chi connectivity index (χ1v) is 8.85. The largest absolute Gasteiger partial charge is 0.478 e. The lowest BCUT2D eigenvalue weighted by atomic mass is 9.63. The third kappa shape index (κ3) is 3.04. The lowest BCUT2D eigenvalue weighted by Gasteiger charge is -2.42. The minimum atomic E-state index is -0.871. The predicted molar refractivity (Wildman–Crippen MR) is 103 cm³/mol. The molecule has 0 saturated carbocycles. The number of anilines is 1. The zero-order chi connectivity index (χ0) is 18.4. The Morgan fingerprint density at radius 2 is 1.76 bits per heavy atom. The number of carboxylic acid groups (broad SMARTS) is 1. The van der Waals surface area contributed by atoms with E-state index >= 15 is 0 Å². The molecule has 3 nitrogen and oxygen atoms in total. The van der Waals surface area contributed by atoms with E-state index < -0.39 is 5.97 Å². The van der Waals surface area contributed by atoms with E-state index in [4.69, 9.17) is 0 Å². The molecule has 1 aromatic rings. The van der Waals surface area contributed by atoms with Crippen LogP contribution in [0.5, 0.6) is 0 Å². The first-order chi connectivity index (χ1) is 11.7. The SMILES string of the molecule is C=CC1=CC=C(C(=O)O)CN1c1ccc2c(c1)C(C)(C)CCC2(C)C. The van der Waals surface area contributed by atoms with Crippen LogP contribution in [0.3, 0.4) is 0 Å². The molecule has 2 aliphatic rings. The van der Waals surface area contributed by atoms with Gasteiger partial charge in [-0.3, -0.25) is 0 Å². The normalized spacial score (nSPS) is 21.0. The number of nitrogens with zero attached hydrogens (tertiary/aromatic N) is 1. The van der Waals surface area contributed by atoms with E-state index in [2.05, 4.69) is 52.5 Å². The molecular formula is C22H27NO2. The Labute approximate surface area is 150 Å². The number of hydrogen-bond donors (Lipinski definition) is 1. The van der Waals surface area contributed by atoms with Crippen LogP contribution in [0.1, 0.15) is 51.7 Å². The molecule has 132 valence electrons. The van der Waals surface area contributed by atoms with Crippen molar-refractivity contribution in [2.75, 3.05) is 11.4 Å². The van der Waals surface area contributed by atoms with Gasteiger partial charge in [0, 0.05) is 11.4 Å². The second-order valence-corrected chi connectivity index (χ2v) is 8.38. The number of hydrogen-bond acceptors (Lipinski definition) is 2. The van der Waals surface area contributed by atoms with Crippen molar-refractivity contribution in [1.82, 2.24) is 0 Å². The summed E-state index contributed by atoms with van der Waals surface area (Å²) in [5.74, 6) is -0.871. The molecule has 0 fully saturated rings. The lowest BCUT2D eigenvalue weighted by Crippen LogP contribution is -2.35. The number of benzene rings is 1. The summed E-state index contributed by atoms with van der Waals surface area (Å²) in [6, 6.07) is 6.59. The van der Waals surface area contributed by atoms with Gasteiger partial charge >= 0.3 is 5.97 Å². The highest BCUT2D eigenvalue weighted by Gasteiger charge is 2.37. The van der Waals surface area contributed by atoms with E-state index in [9.17, 15) is 9.90 Å². The standard InChI is InChI=1S/C22H27NO2/c1-6-16-8-7-15(20(24)25)14-23(16)17-9-10-18-19(13-17)22(4,5)12-11-21(18,2)3/h6-10,13H,1,11-12,14H2,2-5H3,(H,24,25). The Hall–Kier alpha value is -2.29. The Morgan fingerprint density at radius 1 is 1.12 bits per heavy atom. The molecule has 1 aliphatic carbocycles. The molecule has 0 atom stereocenters. The summed E-state index contributed by atoms with van der Waals surface area (Å²) in [7, 11) is 0. The van der Waals surface area contributed by atoms with Crippen molar-refractivity contribution in [2.24, 2.45) is 0 Å². The van der Waals surface area contributed by atoms with Gasteiger partial charge in [-0.25, -0.2) is 4.79 Å². The van der Waals surface area contributed by atoms with Gasteiger partial charge in [-0.1, -0.05) is 40.3 Å². The van der Waals surface area contributed by atoms with Crippen molar-refractivity contribution in [1.29, 1.82) is 0 Å². The van der Waals surface area contributed by atoms with Gasteiger partial charge in [-0.05, 0) is 65.2 Å². The van der Waals surface area contributed by atoms with Crippen LogP contribution in [0.15, 0.2) is 54.3 Å². The number of rotatable bonds is 3. The highest BCUT2D eigenvalue weighted by molar-refractivity contribution is 5.89. The van der Waals surface area contributed by atoms with E-state index in [-0.39, 0.29) is 10.8 Å². The summed E-state index contributed by atoms with van der Waals surface area (Å²) < 4.78 is 0. The zero-order valence-electron chi connectivity index (χ0n) is 15.6. The maximum absolute atomic E-state index is 11.4. The summed E-state index contributed by atoms with van der Waals surface area (Å²) in [5, 5.41) is 9.36. The van der Waals surface area contributed by atoms with Crippen LogP contribution in [-0.4, -0.2) is 17.6 Å². The van der Waals surface area contributed by atoms with Gasteiger partial charge in [-0.2, -0.15) is 0 Å². The summed E-state index contributed by atoms with van der Waals surface area (Å²) in [4.78, 5) is 13.4. The first kappa shape index (κ1) is 17.5. The van der Waals surface area contributed by atoms with Crippen LogP contribution in [0.4, 0.5) is 5.69 Å². The van der Waals surface area contributed by atoms with Gasteiger partial charge in [0.25, 0.3) is 0 Å². The number of carboxylic acids is 1. The molecule has 0 saturated heterocycles. The van der Waals surface area contributed by atoms with E-state index in [1.165, 1.54) is 17.5 Å². The van der Waals surface area contributed by atoms with Gasteiger partial charge < -0.3 is 10.0 Å². The van der Waals surface area contributed by atoms with Crippen LogP contribution in [-0.2, 0) is 15.6 Å². The number of carbonyl (C=O) groups is 1. The topological polar surface area (TPSA) is 40.5 Å². The molecule has 1 aliphatic heterocycles. The van der Waals surface area contributed by atoms with Gasteiger partial charge in [0.2, 0.25) is 0 Å². The molecule has 3 rings (SSSR count). The van der Waals surface area contributed by atoms with Gasteiger partial charge in [0.1, 0.15) is 0 Å². The first-order valence-electron chi connectivity index (χ1n) is 8.85. The third-order valence-corrected chi connectivity index (χ3v) is 5.73. The Bertz CT molecular complexity index is 796. The summed E-state index contributed by atoms with van der Waals surface area (Å²) in [5.41, 5.74) is 5.43. The lowest BCUT2D eigenvalue weighted by molar-refractivity contribution is -0.132. The maximum Gasteiger partial charge on any atom is 0.333 e. The van der Waals surface area contributed by atoms with Crippen LogP contribution in [0, 0.1) is 0 Å². The number of fused-ring (bicyclic) bond motifs is 1. The predicted octanol–water partition coefficient (Wildman–Crippen LogP) is 4.94. The van der Waals surface area contributed by atoms with Crippen molar-refractivity contribution in [2.45, 2.75) is 51.4 Å². The van der Waals surface area contributed by atoms with Gasteiger partial charge in [-0.15, -0.1) is 0 Å². The molecule has 3 heteroatoms. The molecule has 0 radical (unpaired) electrons. The Morgan fingerprint density at radius 3 is 2.36 bits per heavy atom. The van der Waals surface area contributed by atoms with Crippen LogP contribution >= 0.6 is 0 Å². The summed E-state index contributed by atoms with van der Waals surface area (Å²) >= 11 is 0. The monoisotopic (exact) mass is 337 g/mol. The molecule has 0 unspecified atom stereocenters. The Balaban J connectivity index is 2.08. The zero-order valence-corrected chi connectivity index (χ0v) is 15.6. The second-order valence-electron chi connectivity index (χ2n) is 8.38. The highest BCUT2D eigenvalue weighted by atomic mass is 16.4. The third-order valence-electron chi connectivity index (χ3n) is 5.73. The molecule has 25 heavy (non-hydrogen) atoms. The number of aliphatic carboxylic acids is 1. The molecule has 0 bridgehead atoms. The number of allylic oxidation sites excluding steroid dienone is 3. The summed E-state index contributed by atoms with van der Waals surface area (Å²) in [6.07, 6.45) is 7.61. The molecule has 0 amide bonds. The summed E-state index contributed by atoms with van der Waals surface area (Å²) in [6.45, 7) is 13.5. The average molecular weight is 337 g/mol. The average Bonchev–Trinajstić information content (AvgIpc) is 2.58. The fourth-order valence-electron chi connectivity index (χ4n) is 3.89. The molecule has 0 spiro atoms. The minimum Gasteiger partial charge on any atom is -0.478 e. The highest BCUT2D eigenvalue weighted by Crippen LogP contribution is 2.47. The molecular weight excluding hydrogens is 310 g/mol. The van der Waals surface area contributed by atoms with Crippen molar-refractivity contribution in [3.8, 4) is 0 Å². The van der Waals surface area contributed by atoms with E-state index in [0.717, 1.165) is 17.8 Å². The van der Waals surface area contributed by atoms with Crippen molar-refractivity contribution < 1.29 is 9.90 Å². The van der Waals surface area contributed by atoms with E-state index in [1.807, 2.05) is 11.0 Å². The maximum atomic E-state index is 11.4. The molecule has 0 aromatic heterocycles. The smallest absolute Gasteiger partial charge is 0.333 e. The van der Waals surface area contributed by atoms with Crippen molar-refractivity contribution in [3.05, 3.63) is 65.4 Å². The quantitative estimate of drug-likeness (QED) is 0.849. The van der Waals surface area contributed by atoms with Gasteiger partial charge in [0.05, 0.1) is 12.1 Å². The van der Waals surface area contributed by atoms with Crippen LogP contribution < -0.4 is 4.90 Å². The van der Waals surface area contributed by atoms with E-state index in [0.29, 0.717) is 12.1 Å².